The van der Waals surface area contributed by atoms with E-state index in [4.69, 9.17) is 10.5 Å². The number of nitrogens with two attached hydrogens (primary N) is 1. The fourth-order valence-corrected chi connectivity index (χ4v) is 2.60. The Bertz CT molecular complexity index is 451. The van der Waals surface area contributed by atoms with Crippen LogP contribution < -0.4 is 5.73 Å². The van der Waals surface area contributed by atoms with Crippen molar-refractivity contribution < 1.29 is 9.53 Å². The van der Waals surface area contributed by atoms with E-state index >= 15 is 0 Å². The summed E-state index contributed by atoms with van der Waals surface area (Å²) in [6.07, 6.45) is 0.196. The van der Waals surface area contributed by atoms with E-state index in [9.17, 15) is 4.79 Å². The van der Waals surface area contributed by atoms with Gasteiger partial charge in [-0.25, -0.2) is 0 Å². The molecule has 1 aromatic rings. The number of morpholine rings is 1. The summed E-state index contributed by atoms with van der Waals surface area (Å²) in [5.74, 6) is -0.0198. The number of amides is 1. The first-order valence-corrected chi connectivity index (χ1v) is 6.77. The third kappa shape index (κ3) is 3.26. The van der Waals surface area contributed by atoms with Gasteiger partial charge in [0.15, 0.2) is 0 Å². The third-order valence-corrected chi connectivity index (χ3v) is 3.51. The lowest BCUT2D eigenvalue weighted by atomic mass is 9.98. The van der Waals surface area contributed by atoms with E-state index in [0.29, 0.717) is 18.8 Å². The van der Waals surface area contributed by atoms with Crippen LogP contribution in [0.4, 0.5) is 5.69 Å². The standard InChI is InChI=1S/C15H22N2O2/c1-10-8-17(9-11(2)19-10)15(18)12(3)13-5-4-6-14(16)7-13/h4-7,10-12H,8-9,16H2,1-3H3/t10-,11+,12?. The summed E-state index contributed by atoms with van der Waals surface area (Å²) < 4.78 is 5.66. The predicted molar refractivity (Wildman–Crippen MR) is 75.9 cm³/mol. The Hall–Kier alpha value is -1.55. The van der Waals surface area contributed by atoms with Gasteiger partial charge in [-0.1, -0.05) is 12.1 Å². The SMILES string of the molecule is CC(C(=O)N1C[C@@H](C)O[C@@H](C)C1)c1cccc(N)c1. The number of nitrogen functional groups attached to an aromatic ring is 1. The highest BCUT2D eigenvalue weighted by Crippen LogP contribution is 2.22. The molecule has 1 amide bonds. The van der Waals surface area contributed by atoms with Gasteiger partial charge in [-0.2, -0.15) is 0 Å². The maximum atomic E-state index is 12.5. The fraction of sp³-hybridized carbons (Fsp3) is 0.533. The Morgan fingerprint density at radius 3 is 2.58 bits per heavy atom. The number of rotatable bonds is 2. The van der Waals surface area contributed by atoms with E-state index in [1.807, 2.05) is 49.9 Å². The second-order valence-electron chi connectivity index (χ2n) is 5.39. The van der Waals surface area contributed by atoms with Crippen LogP contribution in [-0.4, -0.2) is 36.1 Å². The number of carbonyl (C=O) groups excluding carboxylic acids is 1. The van der Waals surface area contributed by atoms with Gasteiger partial charge in [0.1, 0.15) is 0 Å². The average molecular weight is 262 g/mol. The molecule has 1 aliphatic rings. The van der Waals surface area contributed by atoms with Gasteiger partial charge in [-0.05, 0) is 38.5 Å². The zero-order chi connectivity index (χ0) is 14.0. The van der Waals surface area contributed by atoms with Crippen LogP contribution in [0, 0.1) is 0 Å². The maximum Gasteiger partial charge on any atom is 0.230 e. The van der Waals surface area contributed by atoms with Crippen molar-refractivity contribution in [2.24, 2.45) is 0 Å². The molecule has 0 aliphatic carbocycles. The van der Waals surface area contributed by atoms with Crippen molar-refractivity contribution in [2.45, 2.75) is 38.9 Å². The van der Waals surface area contributed by atoms with Gasteiger partial charge >= 0.3 is 0 Å². The van der Waals surface area contributed by atoms with Crippen LogP contribution in [0.25, 0.3) is 0 Å². The van der Waals surface area contributed by atoms with Crippen LogP contribution in [0.15, 0.2) is 24.3 Å². The Labute approximate surface area is 114 Å². The summed E-state index contributed by atoms with van der Waals surface area (Å²) in [5.41, 5.74) is 7.44. The zero-order valence-corrected chi connectivity index (χ0v) is 11.8. The minimum absolute atomic E-state index is 0.0979. The summed E-state index contributed by atoms with van der Waals surface area (Å²) in [6.45, 7) is 7.26. The van der Waals surface area contributed by atoms with E-state index in [-0.39, 0.29) is 24.0 Å². The van der Waals surface area contributed by atoms with Gasteiger partial charge in [-0.15, -0.1) is 0 Å². The normalized spacial score (nSPS) is 25.1. The lowest BCUT2D eigenvalue weighted by molar-refractivity contribution is -0.144. The first-order chi connectivity index (χ1) is 8.97. The molecule has 1 aromatic carbocycles. The minimum Gasteiger partial charge on any atom is -0.399 e. The molecule has 4 nitrogen and oxygen atoms in total. The van der Waals surface area contributed by atoms with Crippen molar-refractivity contribution in [1.29, 1.82) is 0 Å². The first kappa shape index (κ1) is 13.9. The van der Waals surface area contributed by atoms with Gasteiger partial charge < -0.3 is 15.4 Å². The summed E-state index contributed by atoms with van der Waals surface area (Å²) in [5, 5.41) is 0. The quantitative estimate of drug-likeness (QED) is 0.829. The molecular weight excluding hydrogens is 240 g/mol. The highest BCUT2D eigenvalue weighted by atomic mass is 16.5. The second kappa shape index (κ2) is 5.61. The lowest BCUT2D eigenvalue weighted by Gasteiger charge is -2.36. The van der Waals surface area contributed by atoms with Crippen LogP contribution in [0.1, 0.15) is 32.3 Å². The van der Waals surface area contributed by atoms with Crippen molar-refractivity contribution in [1.82, 2.24) is 4.90 Å². The van der Waals surface area contributed by atoms with Gasteiger partial charge in [-0.3, -0.25) is 4.79 Å². The maximum absolute atomic E-state index is 12.5. The monoisotopic (exact) mass is 262 g/mol. The molecule has 104 valence electrons. The Kier molecular flexibility index (Phi) is 4.10. The van der Waals surface area contributed by atoms with Crippen molar-refractivity contribution >= 4 is 11.6 Å². The molecule has 1 saturated heterocycles. The van der Waals surface area contributed by atoms with Crippen molar-refractivity contribution in [3.05, 3.63) is 29.8 Å². The molecule has 0 bridgehead atoms. The number of hydrogen-bond donors (Lipinski definition) is 1. The number of carbonyl (C=O) groups is 1. The molecule has 3 atom stereocenters. The number of anilines is 1. The fourth-order valence-electron chi connectivity index (χ4n) is 2.60. The molecule has 0 spiro atoms. The molecule has 4 heteroatoms. The molecule has 1 unspecified atom stereocenters. The van der Waals surface area contributed by atoms with Crippen molar-refractivity contribution in [3.63, 3.8) is 0 Å². The number of ether oxygens (including phenoxy) is 1. The van der Waals surface area contributed by atoms with Crippen LogP contribution >= 0.6 is 0 Å². The van der Waals surface area contributed by atoms with Gasteiger partial charge in [0, 0.05) is 18.8 Å². The van der Waals surface area contributed by atoms with Crippen LogP contribution in [0.5, 0.6) is 0 Å². The molecule has 1 aliphatic heterocycles. The van der Waals surface area contributed by atoms with E-state index < -0.39 is 0 Å². The summed E-state index contributed by atoms with van der Waals surface area (Å²) in [7, 11) is 0. The third-order valence-electron chi connectivity index (χ3n) is 3.51. The largest absolute Gasteiger partial charge is 0.399 e. The topological polar surface area (TPSA) is 55.6 Å². The Morgan fingerprint density at radius 1 is 1.37 bits per heavy atom. The van der Waals surface area contributed by atoms with Crippen LogP contribution in [0.3, 0.4) is 0 Å². The van der Waals surface area contributed by atoms with E-state index in [1.54, 1.807) is 0 Å². The summed E-state index contributed by atoms with van der Waals surface area (Å²) in [6, 6.07) is 7.54. The van der Waals surface area contributed by atoms with Gasteiger partial charge in [0.2, 0.25) is 5.91 Å². The lowest BCUT2D eigenvalue weighted by Crippen LogP contribution is -2.49. The first-order valence-electron chi connectivity index (χ1n) is 6.77. The van der Waals surface area contributed by atoms with Crippen LogP contribution in [-0.2, 0) is 9.53 Å². The van der Waals surface area contributed by atoms with Crippen molar-refractivity contribution in [2.75, 3.05) is 18.8 Å². The molecular formula is C15H22N2O2. The highest BCUT2D eigenvalue weighted by Gasteiger charge is 2.29. The number of nitrogens with zero attached hydrogens (tertiary/aromatic N) is 1. The average Bonchev–Trinajstić information content (AvgIpc) is 2.36. The Balaban J connectivity index is 2.10. The van der Waals surface area contributed by atoms with Crippen LogP contribution in [0.2, 0.25) is 0 Å². The second-order valence-corrected chi connectivity index (χ2v) is 5.39. The zero-order valence-electron chi connectivity index (χ0n) is 11.8. The van der Waals surface area contributed by atoms with E-state index in [2.05, 4.69) is 0 Å². The number of benzene rings is 1. The molecule has 2 N–H and O–H groups in total. The molecule has 0 aromatic heterocycles. The molecule has 1 heterocycles. The van der Waals surface area contributed by atoms with Gasteiger partial charge in [0.05, 0.1) is 18.1 Å². The molecule has 19 heavy (non-hydrogen) atoms. The van der Waals surface area contributed by atoms with E-state index in [1.165, 1.54) is 0 Å². The predicted octanol–water partition coefficient (Wildman–Crippen LogP) is 2.01. The summed E-state index contributed by atoms with van der Waals surface area (Å²) in [4.78, 5) is 14.4. The van der Waals surface area contributed by atoms with Crippen molar-refractivity contribution in [3.8, 4) is 0 Å². The molecule has 2 rings (SSSR count). The smallest absolute Gasteiger partial charge is 0.230 e. The van der Waals surface area contributed by atoms with E-state index in [0.717, 1.165) is 5.56 Å². The Morgan fingerprint density at radius 2 is 2.00 bits per heavy atom. The highest BCUT2D eigenvalue weighted by molar-refractivity contribution is 5.83. The number of hydrogen-bond acceptors (Lipinski definition) is 3. The summed E-state index contributed by atoms with van der Waals surface area (Å²) >= 11 is 0. The molecule has 1 fully saturated rings. The minimum atomic E-state index is -0.166. The van der Waals surface area contributed by atoms with Gasteiger partial charge in [0.25, 0.3) is 0 Å². The molecule has 0 saturated carbocycles. The molecule has 0 radical (unpaired) electrons.